The zero-order valence-electron chi connectivity index (χ0n) is 14.8. The summed E-state index contributed by atoms with van der Waals surface area (Å²) in [6, 6.07) is 9.65. The van der Waals surface area contributed by atoms with Crippen LogP contribution in [-0.2, 0) is 9.59 Å². The molecular formula is C20H20N2O3S2. The molecule has 0 aliphatic carbocycles. The van der Waals surface area contributed by atoms with E-state index in [1.807, 2.05) is 48.7 Å². The number of benzene rings is 1. The molecule has 0 saturated heterocycles. The lowest BCUT2D eigenvalue weighted by atomic mass is 10.2. The monoisotopic (exact) mass is 400 g/mol. The molecule has 1 aromatic carbocycles. The van der Waals surface area contributed by atoms with Gasteiger partial charge in [-0.1, -0.05) is 23.9 Å². The van der Waals surface area contributed by atoms with Gasteiger partial charge in [-0.05, 0) is 48.2 Å². The Hall–Kier alpha value is -2.35. The average Bonchev–Trinajstić information content (AvgIpc) is 3.12. The highest BCUT2D eigenvalue weighted by atomic mass is 32.2. The van der Waals surface area contributed by atoms with E-state index < -0.39 is 0 Å². The SMILES string of the molecule is CCN(CCO)C(=O)/C=C/c1csc(/C=C2\Sc3ccccc3NC2=O)c1. The summed E-state index contributed by atoms with van der Waals surface area (Å²) in [5.41, 5.74) is 1.74. The summed E-state index contributed by atoms with van der Waals surface area (Å²) < 4.78 is 0. The van der Waals surface area contributed by atoms with Gasteiger partial charge in [0.05, 0.1) is 17.2 Å². The highest BCUT2D eigenvalue weighted by Crippen LogP contribution is 2.39. The largest absolute Gasteiger partial charge is 0.395 e. The maximum atomic E-state index is 12.3. The third-order valence-corrected chi connectivity index (χ3v) is 5.97. The molecule has 2 amide bonds. The van der Waals surface area contributed by atoms with E-state index in [0.717, 1.165) is 21.0 Å². The lowest BCUT2D eigenvalue weighted by molar-refractivity contribution is -0.126. The number of thiophene rings is 1. The van der Waals surface area contributed by atoms with Crippen molar-refractivity contribution in [2.45, 2.75) is 11.8 Å². The van der Waals surface area contributed by atoms with Gasteiger partial charge in [0.15, 0.2) is 0 Å². The van der Waals surface area contributed by atoms with E-state index in [2.05, 4.69) is 5.32 Å². The first kappa shape index (κ1) is 19.4. The number of thioether (sulfide) groups is 1. The first-order chi connectivity index (χ1) is 13.1. The Morgan fingerprint density at radius 1 is 1.33 bits per heavy atom. The number of nitrogens with zero attached hydrogens (tertiary/aromatic N) is 1. The Balaban J connectivity index is 1.71. The molecule has 27 heavy (non-hydrogen) atoms. The topological polar surface area (TPSA) is 69.6 Å². The van der Waals surface area contributed by atoms with E-state index in [-0.39, 0.29) is 18.4 Å². The number of hydrogen-bond donors (Lipinski definition) is 2. The van der Waals surface area contributed by atoms with Gasteiger partial charge in [-0.3, -0.25) is 9.59 Å². The maximum absolute atomic E-state index is 12.3. The van der Waals surface area contributed by atoms with Gasteiger partial charge in [0.1, 0.15) is 0 Å². The van der Waals surface area contributed by atoms with Crippen molar-refractivity contribution in [2.24, 2.45) is 0 Å². The fraction of sp³-hybridized carbons (Fsp3) is 0.200. The van der Waals surface area contributed by atoms with Crippen LogP contribution < -0.4 is 5.32 Å². The lowest BCUT2D eigenvalue weighted by Crippen LogP contribution is -2.31. The molecule has 140 valence electrons. The first-order valence-electron chi connectivity index (χ1n) is 8.57. The summed E-state index contributed by atoms with van der Waals surface area (Å²) in [7, 11) is 0. The number of rotatable bonds is 6. The van der Waals surface area contributed by atoms with Crippen LogP contribution in [0.1, 0.15) is 17.4 Å². The molecule has 0 radical (unpaired) electrons. The van der Waals surface area contributed by atoms with Crippen molar-refractivity contribution in [1.29, 1.82) is 0 Å². The lowest BCUT2D eigenvalue weighted by Gasteiger charge is -2.17. The predicted octanol–water partition coefficient (Wildman–Crippen LogP) is 3.69. The molecule has 1 aliphatic rings. The molecule has 0 spiro atoms. The van der Waals surface area contributed by atoms with Gasteiger partial charge in [0, 0.05) is 28.9 Å². The van der Waals surface area contributed by atoms with Gasteiger partial charge in [-0.2, -0.15) is 0 Å². The molecule has 0 unspecified atom stereocenters. The number of fused-ring (bicyclic) bond motifs is 1. The normalized spacial score (nSPS) is 15.0. The minimum Gasteiger partial charge on any atom is -0.395 e. The third-order valence-electron chi connectivity index (χ3n) is 3.97. The summed E-state index contributed by atoms with van der Waals surface area (Å²) in [4.78, 5) is 28.5. The number of nitrogens with one attached hydrogen (secondary N) is 1. The van der Waals surface area contributed by atoms with Crippen LogP contribution in [0.3, 0.4) is 0 Å². The van der Waals surface area contributed by atoms with E-state index in [1.165, 1.54) is 29.2 Å². The van der Waals surface area contributed by atoms with Crippen LogP contribution >= 0.6 is 23.1 Å². The fourth-order valence-electron chi connectivity index (χ4n) is 2.58. The smallest absolute Gasteiger partial charge is 0.262 e. The number of amides is 2. The molecule has 7 heteroatoms. The molecule has 1 aromatic heterocycles. The number of likely N-dealkylation sites (N-methyl/N-ethyl adjacent to an activating group) is 1. The molecule has 0 bridgehead atoms. The molecule has 2 aromatic rings. The second kappa shape index (κ2) is 9.03. The summed E-state index contributed by atoms with van der Waals surface area (Å²) >= 11 is 2.97. The number of aliphatic hydroxyl groups excluding tert-OH is 1. The summed E-state index contributed by atoms with van der Waals surface area (Å²) in [5.74, 6) is -0.238. The van der Waals surface area contributed by atoms with Crippen LogP contribution in [0.4, 0.5) is 5.69 Å². The number of anilines is 1. The Bertz CT molecular complexity index is 902. The van der Waals surface area contributed by atoms with Crippen molar-refractivity contribution in [1.82, 2.24) is 4.90 Å². The van der Waals surface area contributed by atoms with Gasteiger partial charge < -0.3 is 15.3 Å². The Morgan fingerprint density at radius 3 is 2.93 bits per heavy atom. The highest BCUT2D eigenvalue weighted by molar-refractivity contribution is 8.04. The van der Waals surface area contributed by atoms with Gasteiger partial charge in [-0.25, -0.2) is 0 Å². The van der Waals surface area contributed by atoms with Crippen molar-refractivity contribution in [3.63, 3.8) is 0 Å². The van der Waals surface area contributed by atoms with Crippen molar-refractivity contribution < 1.29 is 14.7 Å². The maximum Gasteiger partial charge on any atom is 0.262 e. The second-order valence-electron chi connectivity index (χ2n) is 5.82. The van der Waals surface area contributed by atoms with Crippen LogP contribution in [0.2, 0.25) is 0 Å². The van der Waals surface area contributed by atoms with Crippen molar-refractivity contribution in [2.75, 3.05) is 25.0 Å². The molecular weight excluding hydrogens is 380 g/mol. The summed E-state index contributed by atoms with van der Waals surface area (Å²) in [6.07, 6.45) is 5.13. The van der Waals surface area contributed by atoms with E-state index >= 15 is 0 Å². The van der Waals surface area contributed by atoms with Crippen molar-refractivity contribution in [3.05, 3.63) is 57.1 Å². The predicted molar refractivity (Wildman–Crippen MR) is 112 cm³/mol. The van der Waals surface area contributed by atoms with E-state index in [4.69, 9.17) is 5.11 Å². The second-order valence-corrected chi connectivity index (χ2v) is 7.84. The minimum atomic E-state index is -0.128. The minimum absolute atomic E-state index is 0.0492. The molecule has 3 rings (SSSR count). The first-order valence-corrected chi connectivity index (χ1v) is 10.3. The molecule has 5 nitrogen and oxygen atoms in total. The van der Waals surface area contributed by atoms with Gasteiger partial charge >= 0.3 is 0 Å². The van der Waals surface area contributed by atoms with Gasteiger partial charge in [0.2, 0.25) is 5.91 Å². The van der Waals surface area contributed by atoms with E-state index in [1.54, 1.807) is 11.0 Å². The van der Waals surface area contributed by atoms with Gasteiger partial charge in [0.25, 0.3) is 5.91 Å². The summed E-state index contributed by atoms with van der Waals surface area (Å²) in [5, 5.41) is 13.8. The van der Waals surface area contributed by atoms with Crippen LogP contribution in [0, 0.1) is 0 Å². The molecule has 0 atom stereocenters. The van der Waals surface area contributed by atoms with Crippen LogP contribution in [0.15, 0.2) is 51.6 Å². The molecule has 2 N–H and O–H groups in total. The van der Waals surface area contributed by atoms with E-state index in [9.17, 15) is 9.59 Å². The molecule has 2 heterocycles. The number of carbonyl (C=O) groups is 2. The molecule has 0 fully saturated rings. The van der Waals surface area contributed by atoms with Crippen LogP contribution in [0.25, 0.3) is 12.2 Å². The number of hydrogen-bond acceptors (Lipinski definition) is 5. The Morgan fingerprint density at radius 2 is 2.15 bits per heavy atom. The molecule has 0 saturated carbocycles. The Labute approximate surface area is 166 Å². The zero-order chi connectivity index (χ0) is 19.2. The van der Waals surface area contributed by atoms with Crippen LogP contribution in [-0.4, -0.2) is 41.5 Å². The van der Waals surface area contributed by atoms with Crippen LogP contribution in [0.5, 0.6) is 0 Å². The van der Waals surface area contributed by atoms with Crippen molar-refractivity contribution in [3.8, 4) is 0 Å². The number of aliphatic hydroxyl groups is 1. The van der Waals surface area contributed by atoms with Crippen molar-refractivity contribution >= 4 is 52.8 Å². The van der Waals surface area contributed by atoms with E-state index in [0.29, 0.717) is 18.0 Å². The standard InChI is InChI=1S/C20H20N2O3S2/c1-2-22(9-10-23)19(24)8-7-14-11-15(26-13-14)12-18-20(25)21-16-5-3-4-6-17(16)27-18/h3-8,11-13,23H,2,9-10H2,1H3,(H,21,25)/b8-7+,18-12-. The number of carbonyl (C=O) groups excluding carboxylic acids is 2. The fourth-order valence-corrected chi connectivity index (χ4v) is 4.41. The highest BCUT2D eigenvalue weighted by Gasteiger charge is 2.20. The molecule has 1 aliphatic heterocycles. The number of para-hydroxylation sites is 1. The average molecular weight is 401 g/mol. The Kier molecular flexibility index (Phi) is 6.49. The third kappa shape index (κ3) is 4.88. The summed E-state index contributed by atoms with van der Waals surface area (Å²) in [6.45, 7) is 2.71. The van der Waals surface area contributed by atoms with Gasteiger partial charge in [-0.15, -0.1) is 11.3 Å². The zero-order valence-corrected chi connectivity index (χ0v) is 16.5. The quantitative estimate of drug-likeness (QED) is 0.726.